The van der Waals surface area contributed by atoms with Crippen molar-refractivity contribution in [1.82, 2.24) is 18.8 Å². The second kappa shape index (κ2) is 7.69. The molecular formula is C14H26N4O4S. The number of rotatable bonds is 6. The topological polar surface area (TPSA) is 88.8 Å². The van der Waals surface area contributed by atoms with Crippen LogP contribution in [-0.2, 0) is 21.6 Å². The Morgan fingerprint density at radius 2 is 2.13 bits per heavy atom. The van der Waals surface area contributed by atoms with Crippen LogP contribution in [0, 0.1) is 0 Å². The molecule has 1 atom stereocenters. The summed E-state index contributed by atoms with van der Waals surface area (Å²) in [6.45, 7) is 4.40. The first-order chi connectivity index (χ1) is 10.9. The summed E-state index contributed by atoms with van der Waals surface area (Å²) >= 11 is 0. The van der Waals surface area contributed by atoms with Crippen LogP contribution in [0.15, 0.2) is 4.52 Å². The lowest BCUT2D eigenvalue weighted by Crippen LogP contribution is -2.46. The van der Waals surface area contributed by atoms with Gasteiger partial charge in [0.15, 0.2) is 5.82 Å². The SMILES string of the molecule is COCc1nc([C@H]2CCCCCN2S(=O)(=O)N(C)C(C)C)no1. The molecule has 132 valence electrons. The van der Waals surface area contributed by atoms with E-state index in [9.17, 15) is 8.42 Å². The molecule has 0 aromatic carbocycles. The highest BCUT2D eigenvalue weighted by Crippen LogP contribution is 2.32. The van der Waals surface area contributed by atoms with Crippen molar-refractivity contribution in [2.24, 2.45) is 0 Å². The van der Waals surface area contributed by atoms with Crippen LogP contribution in [0.5, 0.6) is 0 Å². The maximum Gasteiger partial charge on any atom is 0.282 e. The summed E-state index contributed by atoms with van der Waals surface area (Å²) < 4.78 is 38.9. The molecule has 0 spiro atoms. The van der Waals surface area contributed by atoms with Gasteiger partial charge in [-0.15, -0.1) is 0 Å². The van der Waals surface area contributed by atoms with Crippen molar-refractivity contribution in [3.05, 3.63) is 11.7 Å². The minimum absolute atomic E-state index is 0.113. The zero-order chi connectivity index (χ0) is 17.0. The Morgan fingerprint density at radius 3 is 2.78 bits per heavy atom. The van der Waals surface area contributed by atoms with E-state index < -0.39 is 16.3 Å². The average molecular weight is 346 g/mol. The van der Waals surface area contributed by atoms with E-state index in [1.54, 1.807) is 14.2 Å². The first-order valence-electron chi connectivity index (χ1n) is 7.94. The van der Waals surface area contributed by atoms with Gasteiger partial charge in [-0.1, -0.05) is 18.0 Å². The standard InChI is InChI=1S/C14H26N4O4S/c1-11(2)17(3)23(19,20)18-9-7-5-6-8-12(18)14-15-13(10-21-4)22-16-14/h11-12H,5-10H2,1-4H3/t12-/m1/s1. The fourth-order valence-corrected chi connectivity index (χ4v) is 4.38. The number of hydrogen-bond donors (Lipinski definition) is 0. The molecule has 0 saturated carbocycles. The van der Waals surface area contributed by atoms with Crippen molar-refractivity contribution in [3.8, 4) is 0 Å². The van der Waals surface area contributed by atoms with Crippen LogP contribution in [0.4, 0.5) is 0 Å². The van der Waals surface area contributed by atoms with E-state index in [1.165, 1.54) is 8.61 Å². The summed E-state index contributed by atoms with van der Waals surface area (Å²) in [7, 11) is -0.420. The lowest BCUT2D eigenvalue weighted by atomic mass is 10.1. The van der Waals surface area contributed by atoms with Gasteiger partial charge in [-0.2, -0.15) is 22.0 Å². The third-order valence-electron chi connectivity index (χ3n) is 4.14. The van der Waals surface area contributed by atoms with Crippen molar-refractivity contribution in [1.29, 1.82) is 0 Å². The predicted molar refractivity (Wildman–Crippen MR) is 84.7 cm³/mol. The Balaban J connectivity index is 2.32. The molecule has 1 aromatic heterocycles. The number of hydrogen-bond acceptors (Lipinski definition) is 6. The lowest BCUT2D eigenvalue weighted by Gasteiger charge is -2.32. The molecule has 0 amide bonds. The Morgan fingerprint density at radius 1 is 1.39 bits per heavy atom. The molecule has 1 aliphatic heterocycles. The van der Waals surface area contributed by atoms with Gasteiger partial charge in [-0.05, 0) is 26.7 Å². The molecule has 23 heavy (non-hydrogen) atoms. The molecule has 0 unspecified atom stereocenters. The molecule has 0 radical (unpaired) electrons. The maximum atomic E-state index is 12.9. The first kappa shape index (κ1) is 18.3. The highest BCUT2D eigenvalue weighted by molar-refractivity contribution is 7.86. The lowest BCUT2D eigenvalue weighted by molar-refractivity contribution is 0.151. The normalized spacial score (nSPS) is 21.0. The molecule has 2 rings (SSSR count). The maximum absolute atomic E-state index is 12.9. The van der Waals surface area contributed by atoms with Crippen LogP contribution in [0.3, 0.4) is 0 Å². The minimum atomic E-state index is -3.57. The van der Waals surface area contributed by atoms with E-state index in [0.29, 0.717) is 24.7 Å². The molecule has 1 aliphatic rings. The quantitative estimate of drug-likeness (QED) is 0.779. The Kier molecular flexibility index (Phi) is 6.12. The van der Waals surface area contributed by atoms with Crippen LogP contribution in [0.1, 0.15) is 57.3 Å². The van der Waals surface area contributed by atoms with Crippen molar-refractivity contribution in [3.63, 3.8) is 0 Å². The average Bonchev–Trinajstić information content (AvgIpc) is 2.81. The molecule has 0 N–H and O–H groups in total. The van der Waals surface area contributed by atoms with Gasteiger partial charge in [0.1, 0.15) is 6.61 Å². The monoisotopic (exact) mass is 346 g/mol. The third-order valence-corrected chi connectivity index (χ3v) is 6.32. The number of methoxy groups -OCH3 is 1. The zero-order valence-electron chi connectivity index (χ0n) is 14.2. The predicted octanol–water partition coefficient (Wildman–Crippen LogP) is 1.72. The summed E-state index contributed by atoms with van der Waals surface area (Å²) in [5.74, 6) is 0.779. The Labute approximate surface area is 138 Å². The van der Waals surface area contributed by atoms with Crippen molar-refractivity contribution >= 4 is 10.2 Å². The van der Waals surface area contributed by atoms with Crippen LogP contribution in [0.25, 0.3) is 0 Å². The molecule has 0 aliphatic carbocycles. The fraction of sp³-hybridized carbons (Fsp3) is 0.857. The highest BCUT2D eigenvalue weighted by Gasteiger charge is 2.38. The van der Waals surface area contributed by atoms with Crippen LogP contribution in [0.2, 0.25) is 0 Å². The summed E-state index contributed by atoms with van der Waals surface area (Å²) in [6.07, 6.45) is 3.47. The summed E-state index contributed by atoms with van der Waals surface area (Å²) in [5, 5.41) is 3.98. The van der Waals surface area contributed by atoms with Crippen molar-refractivity contribution < 1.29 is 17.7 Å². The second-order valence-corrected chi connectivity index (χ2v) is 8.01. The first-order valence-corrected chi connectivity index (χ1v) is 9.33. The van der Waals surface area contributed by atoms with Crippen LogP contribution in [-0.4, -0.2) is 53.9 Å². The van der Waals surface area contributed by atoms with Crippen LogP contribution < -0.4 is 0 Å². The fourth-order valence-electron chi connectivity index (χ4n) is 2.63. The smallest absolute Gasteiger partial charge is 0.282 e. The summed E-state index contributed by atoms with van der Waals surface area (Å²) in [6, 6.07) is -0.503. The summed E-state index contributed by atoms with van der Waals surface area (Å²) in [4.78, 5) is 4.31. The molecule has 1 aromatic rings. The molecule has 1 saturated heterocycles. The molecule has 0 bridgehead atoms. The minimum Gasteiger partial charge on any atom is -0.375 e. The van der Waals surface area contributed by atoms with Gasteiger partial charge < -0.3 is 9.26 Å². The molecule has 9 heteroatoms. The van der Waals surface area contributed by atoms with E-state index in [4.69, 9.17) is 9.26 Å². The van der Waals surface area contributed by atoms with E-state index in [2.05, 4.69) is 10.1 Å². The molecule has 8 nitrogen and oxygen atoms in total. The Bertz CT molecular complexity index is 602. The van der Waals surface area contributed by atoms with Gasteiger partial charge in [0, 0.05) is 26.7 Å². The highest BCUT2D eigenvalue weighted by atomic mass is 32.2. The number of nitrogens with zero attached hydrogens (tertiary/aromatic N) is 4. The van der Waals surface area contributed by atoms with E-state index in [-0.39, 0.29) is 12.6 Å². The van der Waals surface area contributed by atoms with E-state index in [1.807, 2.05) is 13.8 Å². The van der Waals surface area contributed by atoms with Gasteiger partial charge in [0.25, 0.3) is 16.1 Å². The van der Waals surface area contributed by atoms with Gasteiger partial charge in [0.05, 0.1) is 6.04 Å². The Hall–Kier alpha value is -1.03. The van der Waals surface area contributed by atoms with Crippen LogP contribution >= 0.6 is 0 Å². The van der Waals surface area contributed by atoms with Gasteiger partial charge in [-0.25, -0.2) is 0 Å². The number of aromatic nitrogens is 2. The van der Waals surface area contributed by atoms with Crippen molar-refractivity contribution in [2.45, 2.75) is 58.2 Å². The number of ether oxygens (including phenoxy) is 1. The molecular weight excluding hydrogens is 320 g/mol. The van der Waals surface area contributed by atoms with Gasteiger partial charge >= 0.3 is 0 Å². The second-order valence-electron chi connectivity index (χ2n) is 6.07. The van der Waals surface area contributed by atoms with E-state index in [0.717, 1.165) is 19.3 Å². The largest absolute Gasteiger partial charge is 0.375 e. The van der Waals surface area contributed by atoms with Gasteiger partial charge in [-0.3, -0.25) is 0 Å². The molecule has 2 heterocycles. The van der Waals surface area contributed by atoms with Crippen molar-refractivity contribution in [2.75, 3.05) is 20.7 Å². The molecule has 1 fully saturated rings. The van der Waals surface area contributed by atoms with Gasteiger partial charge in [0.2, 0.25) is 0 Å². The third kappa shape index (κ3) is 4.09. The van der Waals surface area contributed by atoms with E-state index >= 15 is 0 Å². The zero-order valence-corrected chi connectivity index (χ0v) is 15.0. The summed E-state index contributed by atoms with van der Waals surface area (Å²) in [5.41, 5.74) is 0.